The molecule has 22 heavy (non-hydrogen) atoms. The summed E-state index contributed by atoms with van der Waals surface area (Å²) in [6.45, 7) is 19.9. The smallest absolute Gasteiger partial charge is 0.0128 e. The molecule has 3 aliphatic rings. The van der Waals surface area contributed by atoms with Crippen LogP contribution in [0.1, 0.15) is 67.2 Å². The molecule has 0 N–H and O–H groups in total. The Morgan fingerprint density at radius 2 is 1.55 bits per heavy atom. The number of hydrogen-bond acceptors (Lipinski definition) is 2. The number of piperidine rings is 2. The molecule has 2 heterocycles. The predicted molar refractivity (Wildman–Crippen MR) is 95.1 cm³/mol. The molecule has 2 saturated heterocycles. The molecule has 0 radical (unpaired) electrons. The van der Waals surface area contributed by atoms with Crippen LogP contribution in [0.3, 0.4) is 0 Å². The number of rotatable bonds is 2. The van der Waals surface area contributed by atoms with E-state index in [1.54, 1.807) is 0 Å². The van der Waals surface area contributed by atoms with Crippen molar-refractivity contribution in [2.75, 3.05) is 26.2 Å². The molecule has 0 spiro atoms. The number of likely N-dealkylation sites (tertiary alicyclic amines) is 2. The molecule has 3 fully saturated rings. The van der Waals surface area contributed by atoms with Crippen molar-refractivity contribution >= 4 is 0 Å². The lowest BCUT2D eigenvalue weighted by molar-refractivity contribution is 0.0528. The first kappa shape index (κ1) is 16.8. The van der Waals surface area contributed by atoms with Gasteiger partial charge in [0.15, 0.2) is 0 Å². The fraction of sp³-hybridized carbons (Fsp3) is 1.00. The average molecular weight is 307 g/mol. The van der Waals surface area contributed by atoms with Crippen molar-refractivity contribution in [3.8, 4) is 0 Å². The van der Waals surface area contributed by atoms with Crippen LogP contribution in [0.2, 0.25) is 0 Å². The molecule has 2 heteroatoms. The molecule has 128 valence electrons. The maximum Gasteiger partial charge on any atom is 0.0128 e. The highest BCUT2D eigenvalue weighted by Crippen LogP contribution is 2.45. The molecule has 2 nitrogen and oxygen atoms in total. The minimum Gasteiger partial charge on any atom is -0.303 e. The first-order valence-electron chi connectivity index (χ1n) is 9.63. The van der Waals surface area contributed by atoms with Gasteiger partial charge in [-0.2, -0.15) is 0 Å². The zero-order valence-electron chi connectivity index (χ0n) is 15.9. The summed E-state index contributed by atoms with van der Waals surface area (Å²) in [6, 6.07) is 0.877. The SMILES string of the molecule is CC(C)(C)C1CCN(CC2C[C@@H]3C[C@H]2CN3C(C)(C)C)CC1. The zero-order valence-corrected chi connectivity index (χ0v) is 15.9. The molecule has 2 aliphatic heterocycles. The summed E-state index contributed by atoms with van der Waals surface area (Å²) in [5.74, 6) is 2.89. The highest BCUT2D eigenvalue weighted by molar-refractivity contribution is 5.02. The van der Waals surface area contributed by atoms with Crippen molar-refractivity contribution < 1.29 is 0 Å². The van der Waals surface area contributed by atoms with Gasteiger partial charge in [-0.15, -0.1) is 0 Å². The second kappa shape index (κ2) is 5.77. The Morgan fingerprint density at radius 1 is 0.909 bits per heavy atom. The van der Waals surface area contributed by atoms with Crippen LogP contribution >= 0.6 is 0 Å². The third kappa shape index (κ3) is 3.38. The Labute approximate surface area is 138 Å². The van der Waals surface area contributed by atoms with Crippen molar-refractivity contribution in [1.29, 1.82) is 0 Å². The highest BCUT2D eigenvalue weighted by atomic mass is 15.3. The van der Waals surface area contributed by atoms with Crippen LogP contribution in [0, 0.1) is 23.2 Å². The van der Waals surface area contributed by atoms with Crippen molar-refractivity contribution in [3.63, 3.8) is 0 Å². The van der Waals surface area contributed by atoms with Gasteiger partial charge in [-0.3, -0.25) is 4.90 Å². The summed E-state index contributed by atoms with van der Waals surface area (Å²) in [7, 11) is 0. The Bertz CT molecular complexity index is 381. The van der Waals surface area contributed by atoms with Gasteiger partial charge in [0.2, 0.25) is 0 Å². The maximum atomic E-state index is 2.79. The first-order chi connectivity index (χ1) is 10.1. The van der Waals surface area contributed by atoms with Gasteiger partial charge in [0.1, 0.15) is 0 Å². The van der Waals surface area contributed by atoms with E-state index in [0.717, 1.165) is 23.8 Å². The quantitative estimate of drug-likeness (QED) is 0.752. The lowest BCUT2D eigenvalue weighted by Crippen LogP contribution is -2.49. The van der Waals surface area contributed by atoms with Gasteiger partial charge in [0.25, 0.3) is 0 Å². The summed E-state index contributed by atoms with van der Waals surface area (Å²) >= 11 is 0. The van der Waals surface area contributed by atoms with E-state index in [1.165, 1.54) is 51.9 Å². The predicted octanol–water partition coefficient (Wildman–Crippen LogP) is 4.25. The second-order valence-electron chi connectivity index (χ2n) is 10.4. The average Bonchev–Trinajstić information content (AvgIpc) is 2.97. The monoisotopic (exact) mass is 306 g/mol. The van der Waals surface area contributed by atoms with Crippen molar-refractivity contribution in [2.24, 2.45) is 23.2 Å². The fourth-order valence-corrected chi connectivity index (χ4v) is 5.42. The molecule has 0 aromatic heterocycles. The molecule has 0 aromatic rings. The van der Waals surface area contributed by atoms with Crippen molar-refractivity contribution in [2.45, 2.75) is 78.8 Å². The fourth-order valence-electron chi connectivity index (χ4n) is 5.42. The minimum atomic E-state index is 0.370. The van der Waals surface area contributed by atoms with Crippen molar-refractivity contribution in [1.82, 2.24) is 9.80 Å². The number of hydrogen-bond donors (Lipinski definition) is 0. The molecule has 0 amide bonds. The van der Waals surface area contributed by atoms with Gasteiger partial charge < -0.3 is 4.90 Å². The Morgan fingerprint density at radius 3 is 2.00 bits per heavy atom. The van der Waals surface area contributed by atoms with E-state index in [1.807, 2.05) is 0 Å². The summed E-state index contributed by atoms with van der Waals surface area (Å²) in [6.07, 6.45) is 5.76. The largest absolute Gasteiger partial charge is 0.303 e. The minimum absolute atomic E-state index is 0.370. The van der Waals surface area contributed by atoms with Crippen LogP contribution in [0.25, 0.3) is 0 Å². The Hall–Kier alpha value is -0.0800. The third-order valence-electron chi connectivity index (χ3n) is 6.85. The van der Waals surface area contributed by atoms with Gasteiger partial charge in [0.05, 0.1) is 0 Å². The molecule has 0 aromatic carbocycles. The Kier molecular flexibility index (Phi) is 4.40. The first-order valence-corrected chi connectivity index (χ1v) is 9.63. The van der Waals surface area contributed by atoms with E-state index < -0.39 is 0 Å². The van der Waals surface area contributed by atoms with E-state index in [4.69, 9.17) is 0 Å². The van der Waals surface area contributed by atoms with E-state index in [0.29, 0.717) is 11.0 Å². The molecule has 1 unspecified atom stereocenters. The molecule has 1 aliphatic carbocycles. The zero-order chi connectivity index (χ0) is 16.1. The number of nitrogens with zero attached hydrogens (tertiary/aromatic N) is 2. The normalized spacial score (nSPS) is 35.5. The van der Waals surface area contributed by atoms with Crippen LogP contribution in [0.4, 0.5) is 0 Å². The van der Waals surface area contributed by atoms with Crippen LogP contribution in [0.15, 0.2) is 0 Å². The van der Waals surface area contributed by atoms with Crippen LogP contribution in [0.5, 0.6) is 0 Å². The molecule has 2 bridgehead atoms. The molecule has 3 rings (SSSR count). The summed E-state index contributed by atoms with van der Waals surface area (Å²) in [4.78, 5) is 5.56. The highest BCUT2D eigenvalue weighted by Gasteiger charge is 2.48. The summed E-state index contributed by atoms with van der Waals surface area (Å²) in [5.41, 5.74) is 0.876. The second-order valence-corrected chi connectivity index (χ2v) is 10.4. The summed E-state index contributed by atoms with van der Waals surface area (Å²) < 4.78 is 0. The van der Waals surface area contributed by atoms with Crippen molar-refractivity contribution in [3.05, 3.63) is 0 Å². The van der Waals surface area contributed by atoms with Gasteiger partial charge in [0, 0.05) is 24.7 Å². The molecule has 3 atom stereocenters. The standard InChI is InChI=1S/C20H38N2/c1-19(2,3)17-7-9-21(10-8-17)13-15-11-18-12-16(15)14-22(18)20(4,5)6/h15-18H,7-14H2,1-6H3/t15?,16-,18+/m0/s1. The van der Waals surface area contributed by atoms with Gasteiger partial charge in [-0.05, 0) is 82.7 Å². The van der Waals surface area contributed by atoms with E-state index >= 15 is 0 Å². The van der Waals surface area contributed by atoms with Gasteiger partial charge >= 0.3 is 0 Å². The number of fused-ring (bicyclic) bond motifs is 2. The summed E-state index contributed by atoms with van der Waals surface area (Å²) in [5, 5.41) is 0. The van der Waals surface area contributed by atoms with Crippen LogP contribution in [-0.4, -0.2) is 47.6 Å². The van der Waals surface area contributed by atoms with E-state index in [2.05, 4.69) is 51.3 Å². The third-order valence-corrected chi connectivity index (χ3v) is 6.85. The van der Waals surface area contributed by atoms with Crippen LogP contribution < -0.4 is 0 Å². The lowest BCUT2D eigenvalue weighted by atomic mass is 9.75. The van der Waals surface area contributed by atoms with Gasteiger partial charge in [-0.1, -0.05) is 20.8 Å². The van der Waals surface area contributed by atoms with Crippen LogP contribution in [-0.2, 0) is 0 Å². The van der Waals surface area contributed by atoms with E-state index in [-0.39, 0.29) is 0 Å². The molecule has 1 saturated carbocycles. The molecular weight excluding hydrogens is 268 g/mol. The topological polar surface area (TPSA) is 6.48 Å². The van der Waals surface area contributed by atoms with Gasteiger partial charge in [-0.25, -0.2) is 0 Å². The van der Waals surface area contributed by atoms with E-state index in [9.17, 15) is 0 Å². The molecular formula is C20H38N2. The Balaban J connectivity index is 1.47. The lowest BCUT2D eigenvalue weighted by Gasteiger charge is -2.43. The maximum absolute atomic E-state index is 2.79.